The molecule has 0 spiro atoms. The molecule has 0 bridgehead atoms. The van der Waals surface area contributed by atoms with Crippen molar-refractivity contribution in [1.29, 1.82) is 0 Å². The third-order valence-electron chi connectivity index (χ3n) is 1.54. The first-order valence-corrected chi connectivity index (χ1v) is 5.10. The van der Waals surface area contributed by atoms with Crippen molar-refractivity contribution in [1.82, 2.24) is 0 Å². The number of halogens is 2. The highest BCUT2D eigenvalue weighted by Crippen LogP contribution is 2.35. The number of ether oxygens (including phenoxy) is 2. The minimum absolute atomic E-state index is 0.0205. The Kier molecular flexibility index (Phi) is 4.18. The second-order valence-corrected chi connectivity index (χ2v) is 3.49. The van der Waals surface area contributed by atoms with Crippen molar-refractivity contribution >= 4 is 23.2 Å². The molecule has 1 saturated heterocycles. The summed E-state index contributed by atoms with van der Waals surface area (Å²) in [7, 11) is 0. The normalized spacial score (nSPS) is 37.4. The van der Waals surface area contributed by atoms with Crippen molar-refractivity contribution < 1.29 is 19.2 Å². The van der Waals surface area contributed by atoms with Crippen molar-refractivity contribution in [3.63, 3.8) is 0 Å². The number of hydrogen-bond donors (Lipinski definition) is 0. The van der Waals surface area contributed by atoms with E-state index in [1.54, 1.807) is 13.0 Å². The van der Waals surface area contributed by atoms with E-state index in [0.717, 1.165) is 0 Å². The Bertz CT molecular complexity index is 214. The van der Waals surface area contributed by atoms with Crippen molar-refractivity contribution in [2.45, 2.75) is 18.7 Å². The highest BCUT2D eigenvalue weighted by Gasteiger charge is 2.51. The van der Waals surface area contributed by atoms with Crippen LogP contribution >= 0.6 is 23.2 Å². The monoisotopic (exact) mass is 242 g/mol. The van der Waals surface area contributed by atoms with Gasteiger partial charge in [0.25, 0.3) is 0 Å². The second kappa shape index (κ2) is 4.79. The molecule has 0 aromatic heterocycles. The van der Waals surface area contributed by atoms with Crippen molar-refractivity contribution in [3.05, 3.63) is 12.7 Å². The zero-order chi connectivity index (χ0) is 10.7. The average Bonchev–Trinajstić information content (AvgIpc) is 2.55. The maximum absolute atomic E-state index is 5.65. The Morgan fingerprint density at radius 2 is 2.07 bits per heavy atom. The molecule has 6 heteroatoms. The fourth-order valence-electron chi connectivity index (χ4n) is 0.892. The fourth-order valence-corrected chi connectivity index (χ4v) is 1.17. The first-order chi connectivity index (χ1) is 6.60. The summed E-state index contributed by atoms with van der Waals surface area (Å²) >= 11 is 11.3. The van der Waals surface area contributed by atoms with Gasteiger partial charge < -0.3 is 4.74 Å². The number of rotatable bonds is 5. The molecule has 0 radical (unpaired) electrons. The summed E-state index contributed by atoms with van der Waals surface area (Å²) in [5, 5.41) is 0. The van der Waals surface area contributed by atoms with E-state index in [-0.39, 0.29) is 18.4 Å². The Hall–Kier alpha value is 0.160. The van der Waals surface area contributed by atoms with Gasteiger partial charge in [-0.05, 0) is 6.92 Å². The lowest BCUT2D eigenvalue weighted by Gasteiger charge is -2.23. The smallest absolute Gasteiger partial charge is 0.320 e. The van der Waals surface area contributed by atoms with Crippen LogP contribution in [0.1, 0.15) is 6.92 Å². The summed E-state index contributed by atoms with van der Waals surface area (Å²) in [6.45, 7) is 5.37. The molecule has 1 rings (SSSR count). The van der Waals surface area contributed by atoms with Crippen molar-refractivity contribution in [2.24, 2.45) is 0 Å². The first kappa shape index (κ1) is 12.2. The lowest BCUT2D eigenvalue weighted by atomic mass is 10.4. The molecular weight excluding hydrogens is 231 g/mol. The lowest BCUT2D eigenvalue weighted by Crippen LogP contribution is -2.40. The lowest BCUT2D eigenvalue weighted by molar-refractivity contribution is -0.404. The molecule has 1 aliphatic rings. The highest BCUT2D eigenvalue weighted by molar-refractivity contribution is 6.18. The van der Waals surface area contributed by atoms with E-state index in [1.165, 1.54) is 0 Å². The van der Waals surface area contributed by atoms with Crippen LogP contribution in [0.2, 0.25) is 0 Å². The topological polar surface area (TPSA) is 36.9 Å². The largest absolute Gasteiger partial charge is 0.328 e. The van der Waals surface area contributed by atoms with Crippen LogP contribution in [0.3, 0.4) is 0 Å². The van der Waals surface area contributed by atoms with Crippen LogP contribution in [0, 0.1) is 0 Å². The quantitative estimate of drug-likeness (QED) is 0.420. The van der Waals surface area contributed by atoms with Gasteiger partial charge in [-0.15, -0.1) is 29.8 Å². The van der Waals surface area contributed by atoms with Gasteiger partial charge in [0.1, 0.15) is 5.88 Å². The molecule has 0 aromatic carbocycles. The molecule has 14 heavy (non-hydrogen) atoms. The predicted octanol–water partition coefficient (Wildman–Crippen LogP) is 2.02. The summed E-state index contributed by atoms with van der Waals surface area (Å²) in [4.78, 5) is 9.79. The average molecular weight is 243 g/mol. The molecule has 0 aliphatic carbocycles. The van der Waals surface area contributed by atoms with Crippen LogP contribution in [-0.4, -0.2) is 30.1 Å². The summed E-state index contributed by atoms with van der Waals surface area (Å²) in [5.74, 6) is -2.33. The molecule has 0 N–H and O–H groups in total. The van der Waals surface area contributed by atoms with E-state index in [2.05, 4.69) is 6.58 Å². The van der Waals surface area contributed by atoms with Gasteiger partial charge in [0, 0.05) is 0 Å². The first-order valence-electron chi connectivity index (χ1n) is 4.03. The third-order valence-corrected chi connectivity index (χ3v) is 2.36. The molecular formula is C8H12Cl2O4. The molecule has 2 atom stereocenters. The minimum Gasteiger partial charge on any atom is -0.320 e. The van der Waals surface area contributed by atoms with Gasteiger partial charge in [-0.1, -0.05) is 6.08 Å². The Balaban J connectivity index is 2.60. The van der Waals surface area contributed by atoms with E-state index < -0.39 is 11.8 Å². The molecule has 0 amide bonds. The summed E-state index contributed by atoms with van der Waals surface area (Å²) in [6, 6.07) is 0. The standard InChI is InChI=1S/C8H12Cl2O4/c1-3-4-11-8(6-10)12-7(2,5-9)13-14-8/h3H,1,4-6H2,2H3/t7-,8-/m0/s1. The van der Waals surface area contributed by atoms with Crippen molar-refractivity contribution in [2.75, 3.05) is 18.4 Å². The van der Waals surface area contributed by atoms with Gasteiger partial charge in [0.2, 0.25) is 5.79 Å². The second-order valence-electron chi connectivity index (χ2n) is 2.95. The fraction of sp³-hybridized carbons (Fsp3) is 0.750. The van der Waals surface area contributed by atoms with Crippen molar-refractivity contribution in [3.8, 4) is 0 Å². The number of hydrogen-bond acceptors (Lipinski definition) is 4. The zero-order valence-electron chi connectivity index (χ0n) is 7.79. The van der Waals surface area contributed by atoms with E-state index in [1.807, 2.05) is 0 Å². The minimum atomic E-state index is -1.39. The summed E-state index contributed by atoms with van der Waals surface area (Å²) < 4.78 is 10.6. The van der Waals surface area contributed by atoms with Gasteiger partial charge in [0.05, 0.1) is 12.5 Å². The summed E-state index contributed by atoms with van der Waals surface area (Å²) in [6.07, 6.45) is 1.55. The van der Waals surface area contributed by atoms with E-state index >= 15 is 0 Å². The zero-order valence-corrected chi connectivity index (χ0v) is 9.31. The summed E-state index contributed by atoms with van der Waals surface area (Å²) in [5.41, 5.74) is 0. The SMILES string of the molecule is C=CCO[C@]1(CCl)OO[C@@](C)(CCl)O1. The maximum atomic E-state index is 5.65. The molecule has 1 aliphatic heterocycles. The van der Waals surface area contributed by atoms with Crippen LogP contribution < -0.4 is 0 Å². The molecule has 1 heterocycles. The molecule has 82 valence electrons. The Labute approximate surface area is 92.6 Å². The molecule has 1 fully saturated rings. The van der Waals surface area contributed by atoms with Gasteiger partial charge in [-0.25, -0.2) is 0 Å². The molecule has 0 saturated carbocycles. The predicted molar refractivity (Wildman–Crippen MR) is 52.0 cm³/mol. The van der Waals surface area contributed by atoms with Crippen LogP contribution in [0.4, 0.5) is 0 Å². The number of alkyl halides is 2. The van der Waals surface area contributed by atoms with Crippen LogP contribution in [0.15, 0.2) is 12.7 Å². The van der Waals surface area contributed by atoms with Crippen LogP contribution in [-0.2, 0) is 19.2 Å². The van der Waals surface area contributed by atoms with E-state index in [0.29, 0.717) is 0 Å². The van der Waals surface area contributed by atoms with Gasteiger partial charge in [-0.3, -0.25) is 4.74 Å². The third kappa shape index (κ3) is 2.59. The molecule has 0 aromatic rings. The maximum Gasteiger partial charge on any atom is 0.328 e. The van der Waals surface area contributed by atoms with Crippen LogP contribution in [0.5, 0.6) is 0 Å². The molecule has 4 nitrogen and oxygen atoms in total. The van der Waals surface area contributed by atoms with E-state index in [9.17, 15) is 0 Å². The van der Waals surface area contributed by atoms with Gasteiger partial charge >= 0.3 is 5.97 Å². The Morgan fingerprint density at radius 3 is 2.50 bits per heavy atom. The van der Waals surface area contributed by atoms with E-state index in [4.69, 9.17) is 42.5 Å². The Morgan fingerprint density at radius 1 is 1.36 bits per heavy atom. The van der Waals surface area contributed by atoms with Gasteiger partial charge in [-0.2, -0.15) is 9.78 Å². The van der Waals surface area contributed by atoms with Crippen LogP contribution in [0.25, 0.3) is 0 Å². The molecule has 0 unspecified atom stereocenters. The van der Waals surface area contributed by atoms with Gasteiger partial charge in [0.15, 0.2) is 0 Å². The highest BCUT2D eigenvalue weighted by atomic mass is 35.5.